The molecule has 0 aromatic heterocycles. The van der Waals surface area contributed by atoms with Gasteiger partial charge < -0.3 is 9.64 Å². The zero-order chi connectivity index (χ0) is 22.4. The van der Waals surface area contributed by atoms with E-state index in [0.29, 0.717) is 11.7 Å². The summed E-state index contributed by atoms with van der Waals surface area (Å²) in [6, 6.07) is 16.8. The minimum Gasteiger partial charge on any atom is -0.484 e. The maximum absolute atomic E-state index is 12.6. The standard InChI is InChI=1S/C25H32N2O4S/c28-25(27-16-14-21(15-17-27)18-20-6-2-1-3-7-20)19-31-23-10-12-24(13-11-23)32(29,30)26-22-8-4-5-9-22/h1-3,6-7,10-13,21-22,26H,4-5,8-9,14-19H2. The number of rotatable bonds is 8. The highest BCUT2D eigenvalue weighted by atomic mass is 32.2. The molecule has 4 rings (SSSR count). The molecule has 2 fully saturated rings. The molecular weight excluding hydrogens is 424 g/mol. The van der Waals surface area contributed by atoms with Crippen LogP contribution in [0.2, 0.25) is 0 Å². The molecule has 0 unspecified atom stereocenters. The highest BCUT2D eigenvalue weighted by Crippen LogP contribution is 2.23. The van der Waals surface area contributed by atoms with Crippen molar-refractivity contribution >= 4 is 15.9 Å². The van der Waals surface area contributed by atoms with Crippen molar-refractivity contribution in [3.63, 3.8) is 0 Å². The van der Waals surface area contributed by atoms with Crippen molar-refractivity contribution in [2.45, 2.75) is 55.9 Å². The molecule has 1 saturated carbocycles. The Morgan fingerprint density at radius 1 is 0.938 bits per heavy atom. The Labute approximate surface area is 191 Å². The molecule has 0 atom stereocenters. The zero-order valence-corrected chi connectivity index (χ0v) is 19.2. The van der Waals surface area contributed by atoms with E-state index in [0.717, 1.165) is 58.0 Å². The molecule has 2 aromatic rings. The van der Waals surface area contributed by atoms with Gasteiger partial charge in [-0.25, -0.2) is 13.1 Å². The smallest absolute Gasteiger partial charge is 0.260 e. The minimum absolute atomic E-state index is 0.0252. The molecule has 0 radical (unpaired) electrons. The second-order valence-electron chi connectivity index (χ2n) is 8.88. The summed E-state index contributed by atoms with van der Waals surface area (Å²) in [5.41, 5.74) is 1.35. The largest absolute Gasteiger partial charge is 0.484 e. The van der Waals surface area contributed by atoms with Gasteiger partial charge in [0, 0.05) is 19.1 Å². The first-order valence-corrected chi connectivity index (χ1v) is 13.0. The number of sulfonamides is 1. The van der Waals surface area contributed by atoms with Gasteiger partial charge in [0.05, 0.1) is 4.90 Å². The quantitative estimate of drug-likeness (QED) is 0.656. The van der Waals surface area contributed by atoms with Crippen LogP contribution < -0.4 is 9.46 Å². The summed E-state index contributed by atoms with van der Waals surface area (Å²) in [6.07, 6.45) is 6.99. The van der Waals surface area contributed by atoms with E-state index in [2.05, 4.69) is 29.0 Å². The van der Waals surface area contributed by atoms with Crippen LogP contribution in [0.15, 0.2) is 59.5 Å². The summed E-state index contributed by atoms with van der Waals surface area (Å²) in [7, 11) is -3.52. The molecule has 2 aliphatic rings. The van der Waals surface area contributed by atoms with Gasteiger partial charge in [0.15, 0.2) is 6.61 Å². The van der Waals surface area contributed by atoms with Crippen LogP contribution in [-0.4, -0.2) is 45.0 Å². The van der Waals surface area contributed by atoms with Gasteiger partial charge in [-0.15, -0.1) is 0 Å². The topological polar surface area (TPSA) is 75.7 Å². The maximum atomic E-state index is 12.6. The lowest BCUT2D eigenvalue weighted by Crippen LogP contribution is -2.41. The third kappa shape index (κ3) is 6.11. The van der Waals surface area contributed by atoms with Gasteiger partial charge in [-0.2, -0.15) is 0 Å². The summed E-state index contributed by atoms with van der Waals surface area (Å²) in [5.74, 6) is 1.08. The predicted molar refractivity (Wildman–Crippen MR) is 124 cm³/mol. The van der Waals surface area contributed by atoms with Gasteiger partial charge in [-0.1, -0.05) is 43.2 Å². The number of likely N-dealkylation sites (tertiary alicyclic amines) is 1. The van der Waals surface area contributed by atoms with Crippen molar-refractivity contribution in [1.82, 2.24) is 9.62 Å². The molecule has 7 heteroatoms. The van der Waals surface area contributed by atoms with E-state index in [1.807, 2.05) is 11.0 Å². The maximum Gasteiger partial charge on any atom is 0.260 e. The predicted octanol–water partition coefficient (Wildman–Crippen LogP) is 3.77. The average molecular weight is 457 g/mol. The Morgan fingerprint density at radius 2 is 1.59 bits per heavy atom. The zero-order valence-electron chi connectivity index (χ0n) is 18.4. The number of hydrogen-bond donors (Lipinski definition) is 1. The van der Waals surface area contributed by atoms with E-state index in [-0.39, 0.29) is 23.5 Å². The first-order valence-electron chi connectivity index (χ1n) is 11.6. The van der Waals surface area contributed by atoms with Gasteiger partial charge in [-0.3, -0.25) is 4.79 Å². The second kappa shape index (κ2) is 10.5. The lowest BCUT2D eigenvalue weighted by Gasteiger charge is -2.32. The summed E-state index contributed by atoms with van der Waals surface area (Å²) in [6.45, 7) is 1.48. The second-order valence-corrected chi connectivity index (χ2v) is 10.6. The number of carbonyl (C=O) groups is 1. The number of benzene rings is 2. The molecule has 1 N–H and O–H groups in total. The summed E-state index contributed by atoms with van der Waals surface area (Å²) < 4.78 is 33.4. The molecule has 1 heterocycles. The number of nitrogens with zero attached hydrogens (tertiary/aromatic N) is 1. The number of amides is 1. The van der Waals surface area contributed by atoms with Crippen LogP contribution >= 0.6 is 0 Å². The van der Waals surface area contributed by atoms with Crippen LogP contribution in [0.25, 0.3) is 0 Å². The molecule has 1 amide bonds. The first kappa shape index (κ1) is 22.8. The van der Waals surface area contributed by atoms with Crippen molar-refractivity contribution in [3.8, 4) is 5.75 Å². The third-order valence-corrected chi connectivity index (χ3v) is 8.04. The summed E-state index contributed by atoms with van der Waals surface area (Å²) in [5, 5.41) is 0. The van der Waals surface area contributed by atoms with Crippen molar-refractivity contribution in [1.29, 1.82) is 0 Å². The van der Waals surface area contributed by atoms with E-state index in [1.165, 1.54) is 17.7 Å². The molecule has 2 aromatic carbocycles. The fourth-order valence-electron chi connectivity index (χ4n) is 4.62. The third-order valence-electron chi connectivity index (χ3n) is 6.51. The summed E-state index contributed by atoms with van der Waals surface area (Å²) >= 11 is 0. The molecule has 6 nitrogen and oxygen atoms in total. The van der Waals surface area contributed by atoms with E-state index in [9.17, 15) is 13.2 Å². The van der Waals surface area contributed by atoms with E-state index < -0.39 is 10.0 Å². The van der Waals surface area contributed by atoms with Crippen LogP contribution in [0.1, 0.15) is 44.1 Å². The molecule has 1 saturated heterocycles. The van der Waals surface area contributed by atoms with E-state index in [4.69, 9.17) is 4.74 Å². The van der Waals surface area contributed by atoms with Crippen LogP contribution in [-0.2, 0) is 21.2 Å². The van der Waals surface area contributed by atoms with Gasteiger partial charge in [0.2, 0.25) is 10.0 Å². The molecule has 1 aliphatic heterocycles. The highest BCUT2D eigenvalue weighted by molar-refractivity contribution is 7.89. The van der Waals surface area contributed by atoms with Gasteiger partial charge in [0.25, 0.3) is 5.91 Å². The van der Waals surface area contributed by atoms with Gasteiger partial charge >= 0.3 is 0 Å². The lowest BCUT2D eigenvalue weighted by atomic mass is 9.90. The number of ether oxygens (including phenoxy) is 1. The monoisotopic (exact) mass is 456 g/mol. The van der Waals surface area contributed by atoms with E-state index in [1.54, 1.807) is 12.1 Å². The Bertz CT molecular complexity index is 978. The molecule has 1 aliphatic carbocycles. The fraction of sp³-hybridized carbons (Fsp3) is 0.480. The van der Waals surface area contributed by atoms with Crippen molar-refractivity contribution in [3.05, 3.63) is 60.2 Å². The molecular formula is C25H32N2O4S. The molecule has 0 bridgehead atoms. The van der Waals surface area contributed by atoms with Crippen LogP contribution in [0, 0.1) is 5.92 Å². The molecule has 0 spiro atoms. The SMILES string of the molecule is O=C(COc1ccc(S(=O)(=O)NC2CCCC2)cc1)N1CCC(Cc2ccccc2)CC1. The average Bonchev–Trinajstić information content (AvgIpc) is 3.31. The minimum atomic E-state index is -3.52. The van der Waals surface area contributed by atoms with Crippen molar-refractivity contribution in [2.75, 3.05) is 19.7 Å². The molecule has 172 valence electrons. The summed E-state index contributed by atoms with van der Waals surface area (Å²) in [4.78, 5) is 14.6. The number of piperidine rings is 1. The number of hydrogen-bond acceptors (Lipinski definition) is 4. The number of carbonyl (C=O) groups excluding carboxylic acids is 1. The normalized spacial score (nSPS) is 18.1. The van der Waals surface area contributed by atoms with Crippen LogP contribution in [0.4, 0.5) is 0 Å². The lowest BCUT2D eigenvalue weighted by molar-refractivity contribution is -0.134. The highest BCUT2D eigenvalue weighted by Gasteiger charge is 2.24. The van der Waals surface area contributed by atoms with Crippen LogP contribution in [0.3, 0.4) is 0 Å². The van der Waals surface area contributed by atoms with Gasteiger partial charge in [0.1, 0.15) is 5.75 Å². The Balaban J connectivity index is 1.22. The van der Waals surface area contributed by atoms with E-state index >= 15 is 0 Å². The van der Waals surface area contributed by atoms with Gasteiger partial charge in [-0.05, 0) is 67.9 Å². The van der Waals surface area contributed by atoms with Crippen molar-refractivity contribution < 1.29 is 17.9 Å². The number of nitrogens with one attached hydrogen (secondary N) is 1. The Hall–Kier alpha value is -2.38. The Morgan fingerprint density at radius 3 is 2.25 bits per heavy atom. The Kier molecular flexibility index (Phi) is 7.48. The molecule has 32 heavy (non-hydrogen) atoms. The van der Waals surface area contributed by atoms with Crippen LogP contribution in [0.5, 0.6) is 5.75 Å². The first-order chi connectivity index (χ1) is 15.5. The van der Waals surface area contributed by atoms with Crippen molar-refractivity contribution in [2.24, 2.45) is 5.92 Å². The fourth-order valence-corrected chi connectivity index (χ4v) is 5.92.